The molecule has 28 heavy (non-hydrogen) atoms. The van der Waals surface area contributed by atoms with Gasteiger partial charge in [-0.05, 0) is 30.2 Å². The minimum atomic E-state index is -0.417. The summed E-state index contributed by atoms with van der Waals surface area (Å²) in [4.78, 5) is 30.7. The number of hydrogen-bond acceptors (Lipinski definition) is 4. The zero-order valence-corrected chi connectivity index (χ0v) is 15.4. The Bertz CT molecular complexity index is 1080. The van der Waals surface area contributed by atoms with E-state index < -0.39 is 6.03 Å². The van der Waals surface area contributed by atoms with Crippen LogP contribution in [-0.4, -0.2) is 35.5 Å². The van der Waals surface area contributed by atoms with Crippen LogP contribution >= 0.6 is 0 Å². The van der Waals surface area contributed by atoms with Gasteiger partial charge in [-0.25, -0.2) is 9.78 Å². The number of benzene rings is 2. The van der Waals surface area contributed by atoms with Gasteiger partial charge >= 0.3 is 6.03 Å². The van der Waals surface area contributed by atoms with E-state index in [0.29, 0.717) is 24.4 Å². The van der Waals surface area contributed by atoms with E-state index in [2.05, 4.69) is 10.3 Å². The average Bonchev–Trinajstić information content (AvgIpc) is 2.99. The van der Waals surface area contributed by atoms with E-state index in [1.165, 1.54) is 12.0 Å². The topological polar surface area (TPSA) is 71.5 Å². The second-order valence-electron chi connectivity index (χ2n) is 6.46. The number of aromatic nitrogens is 1. The summed E-state index contributed by atoms with van der Waals surface area (Å²) >= 11 is 0. The van der Waals surface area contributed by atoms with E-state index in [4.69, 9.17) is 4.74 Å². The predicted octanol–water partition coefficient (Wildman–Crippen LogP) is 3.38. The van der Waals surface area contributed by atoms with Crippen molar-refractivity contribution in [3.05, 3.63) is 77.5 Å². The maximum Gasteiger partial charge on any atom is 0.329 e. The number of carbonyl (C=O) groups is 2. The van der Waals surface area contributed by atoms with Crippen LogP contribution in [0.1, 0.15) is 11.1 Å². The van der Waals surface area contributed by atoms with E-state index in [9.17, 15) is 9.59 Å². The first-order valence-corrected chi connectivity index (χ1v) is 8.98. The van der Waals surface area contributed by atoms with Gasteiger partial charge in [-0.3, -0.25) is 9.69 Å². The van der Waals surface area contributed by atoms with Gasteiger partial charge < -0.3 is 10.1 Å². The van der Waals surface area contributed by atoms with Gasteiger partial charge in [0, 0.05) is 17.5 Å². The van der Waals surface area contributed by atoms with Crippen molar-refractivity contribution in [3.63, 3.8) is 0 Å². The Morgan fingerprint density at radius 1 is 1.07 bits per heavy atom. The lowest BCUT2D eigenvalue weighted by atomic mass is 10.1. The molecule has 0 saturated carbocycles. The van der Waals surface area contributed by atoms with Gasteiger partial charge in [0.05, 0.1) is 12.6 Å². The minimum absolute atomic E-state index is 0.216. The minimum Gasteiger partial charge on any atom is -0.481 e. The van der Waals surface area contributed by atoms with Crippen LogP contribution in [0.2, 0.25) is 0 Å². The SMILES string of the molecule is COc1nc2ccccc2cc1/C=C1\NC(=O)N(CCc2ccccc2)C1=O. The molecule has 0 unspecified atom stereocenters. The van der Waals surface area contributed by atoms with Gasteiger partial charge in [-0.1, -0.05) is 48.5 Å². The predicted molar refractivity (Wildman–Crippen MR) is 107 cm³/mol. The second-order valence-corrected chi connectivity index (χ2v) is 6.46. The Morgan fingerprint density at radius 3 is 2.61 bits per heavy atom. The summed E-state index contributed by atoms with van der Waals surface area (Å²) in [6, 6.07) is 18.9. The number of methoxy groups -OCH3 is 1. The van der Waals surface area contributed by atoms with Crippen LogP contribution in [0.25, 0.3) is 17.0 Å². The smallest absolute Gasteiger partial charge is 0.329 e. The molecular weight excluding hydrogens is 354 g/mol. The highest BCUT2D eigenvalue weighted by Gasteiger charge is 2.33. The molecule has 0 radical (unpaired) electrons. The number of para-hydroxylation sites is 1. The number of carbonyl (C=O) groups excluding carboxylic acids is 2. The van der Waals surface area contributed by atoms with Crippen molar-refractivity contribution in [1.82, 2.24) is 15.2 Å². The Hall–Kier alpha value is -3.67. The van der Waals surface area contributed by atoms with Gasteiger partial charge in [0.1, 0.15) is 5.70 Å². The van der Waals surface area contributed by atoms with Crippen LogP contribution < -0.4 is 10.1 Å². The van der Waals surface area contributed by atoms with Crippen LogP contribution in [0.5, 0.6) is 5.88 Å². The van der Waals surface area contributed by atoms with E-state index in [0.717, 1.165) is 16.5 Å². The van der Waals surface area contributed by atoms with Crippen molar-refractivity contribution in [2.45, 2.75) is 6.42 Å². The number of imide groups is 1. The maximum atomic E-state index is 12.7. The molecule has 1 aromatic heterocycles. The van der Waals surface area contributed by atoms with Crippen LogP contribution in [0, 0.1) is 0 Å². The fraction of sp³-hybridized carbons (Fsp3) is 0.136. The highest BCUT2D eigenvalue weighted by Crippen LogP contribution is 2.25. The first kappa shape index (κ1) is 17.7. The quantitative estimate of drug-likeness (QED) is 0.550. The molecule has 0 aliphatic carbocycles. The third-order valence-corrected chi connectivity index (χ3v) is 4.64. The first-order valence-electron chi connectivity index (χ1n) is 8.98. The third kappa shape index (κ3) is 3.44. The molecule has 3 amide bonds. The molecule has 1 N–H and O–H groups in total. The molecule has 0 atom stereocenters. The van der Waals surface area contributed by atoms with Gasteiger partial charge in [-0.2, -0.15) is 0 Å². The summed E-state index contributed by atoms with van der Waals surface area (Å²) in [5.74, 6) is 0.0483. The number of amides is 3. The molecule has 2 aromatic carbocycles. The number of urea groups is 1. The summed E-state index contributed by atoms with van der Waals surface area (Å²) < 4.78 is 5.36. The number of hydrogen-bond donors (Lipinski definition) is 1. The molecule has 1 aliphatic rings. The number of nitrogens with zero attached hydrogens (tertiary/aromatic N) is 2. The fourth-order valence-corrected chi connectivity index (χ4v) is 3.20. The zero-order valence-electron chi connectivity index (χ0n) is 15.4. The molecule has 4 rings (SSSR count). The molecule has 140 valence electrons. The number of pyridine rings is 1. The molecule has 1 fully saturated rings. The monoisotopic (exact) mass is 373 g/mol. The third-order valence-electron chi connectivity index (χ3n) is 4.64. The van der Waals surface area contributed by atoms with Gasteiger partial charge in [0.15, 0.2) is 0 Å². The number of fused-ring (bicyclic) bond motifs is 1. The largest absolute Gasteiger partial charge is 0.481 e. The van der Waals surface area contributed by atoms with Gasteiger partial charge in [-0.15, -0.1) is 0 Å². The normalized spacial score (nSPS) is 15.3. The molecule has 6 heteroatoms. The number of nitrogens with one attached hydrogen (secondary N) is 1. The standard InChI is InChI=1S/C22H19N3O3/c1-28-20-17(13-16-9-5-6-10-18(16)23-20)14-19-21(26)25(22(27)24-19)12-11-15-7-3-2-4-8-15/h2-10,13-14H,11-12H2,1H3,(H,24,27)/b19-14-. The Kier molecular flexibility index (Phi) is 4.76. The lowest BCUT2D eigenvalue weighted by Gasteiger charge is -2.11. The summed E-state index contributed by atoms with van der Waals surface area (Å²) in [5, 5.41) is 3.58. The molecular formula is C22H19N3O3. The van der Waals surface area contributed by atoms with Crippen molar-refractivity contribution in [3.8, 4) is 5.88 Å². The zero-order chi connectivity index (χ0) is 19.5. The number of rotatable bonds is 5. The van der Waals surface area contributed by atoms with Crippen molar-refractivity contribution in [2.24, 2.45) is 0 Å². The molecule has 0 bridgehead atoms. The highest BCUT2D eigenvalue weighted by atomic mass is 16.5. The lowest BCUT2D eigenvalue weighted by Crippen LogP contribution is -2.32. The molecule has 2 heterocycles. The molecule has 3 aromatic rings. The van der Waals surface area contributed by atoms with Gasteiger partial charge in [0.25, 0.3) is 5.91 Å². The van der Waals surface area contributed by atoms with Crippen molar-refractivity contribution in [1.29, 1.82) is 0 Å². The fourth-order valence-electron chi connectivity index (χ4n) is 3.20. The Balaban J connectivity index is 1.59. The van der Waals surface area contributed by atoms with Crippen LogP contribution in [-0.2, 0) is 11.2 Å². The van der Waals surface area contributed by atoms with Crippen LogP contribution in [0.4, 0.5) is 4.79 Å². The van der Waals surface area contributed by atoms with Crippen LogP contribution in [0.3, 0.4) is 0 Å². The second kappa shape index (κ2) is 7.52. The van der Waals surface area contributed by atoms with Gasteiger partial charge in [0.2, 0.25) is 5.88 Å². The lowest BCUT2D eigenvalue weighted by molar-refractivity contribution is -0.122. The Labute approximate surface area is 162 Å². The summed E-state index contributed by atoms with van der Waals surface area (Å²) in [6.07, 6.45) is 2.22. The number of ether oxygens (including phenoxy) is 1. The molecule has 1 saturated heterocycles. The van der Waals surface area contributed by atoms with Crippen molar-refractivity contribution in [2.75, 3.05) is 13.7 Å². The van der Waals surface area contributed by atoms with Crippen molar-refractivity contribution < 1.29 is 14.3 Å². The molecule has 0 spiro atoms. The van der Waals surface area contributed by atoms with E-state index in [1.54, 1.807) is 6.08 Å². The Morgan fingerprint density at radius 2 is 1.82 bits per heavy atom. The van der Waals surface area contributed by atoms with E-state index in [-0.39, 0.29) is 11.6 Å². The van der Waals surface area contributed by atoms with Crippen LogP contribution in [0.15, 0.2) is 66.4 Å². The van der Waals surface area contributed by atoms with E-state index in [1.807, 2.05) is 60.7 Å². The summed E-state index contributed by atoms with van der Waals surface area (Å²) in [6.45, 7) is 0.319. The van der Waals surface area contributed by atoms with Crippen molar-refractivity contribution >= 4 is 28.9 Å². The summed E-state index contributed by atoms with van der Waals surface area (Å²) in [7, 11) is 1.53. The maximum absolute atomic E-state index is 12.7. The highest BCUT2D eigenvalue weighted by molar-refractivity contribution is 6.14. The average molecular weight is 373 g/mol. The molecule has 6 nitrogen and oxygen atoms in total. The van der Waals surface area contributed by atoms with E-state index >= 15 is 0 Å². The molecule has 1 aliphatic heterocycles. The first-order chi connectivity index (χ1) is 13.7. The summed E-state index contributed by atoms with van der Waals surface area (Å²) in [5.41, 5.74) is 2.72.